The molecule has 0 saturated carbocycles. The van der Waals surface area contributed by atoms with Crippen molar-refractivity contribution in [3.63, 3.8) is 0 Å². The van der Waals surface area contributed by atoms with Crippen LogP contribution in [-0.2, 0) is 0 Å². The number of amides is 2. The van der Waals surface area contributed by atoms with Crippen LogP contribution in [0.1, 0.15) is 0 Å². The Hall–Kier alpha value is -2.15. The van der Waals surface area contributed by atoms with E-state index in [0.29, 0.717) is 5.75 Å². The van der Waals surface area contributed by atoms with E-state index < -0.39 is 17.7 Å². The van der Waals surface area contributed by atoms with Crippen molar-refractivity contribution in [1.29, 1.82) is 0 Å². The summed E-state index contributed by atoms with van der Waals surface area (Å²) in [6.07, 6.45) is 0. The third-order valence-electron chi connectivity index (χ3n) is 2.66. The lowest BCUT2D eigenvalue weighted by Crippen LogP contribution is -2.32. The topological polar surface area (TPSA) is 50.4 Å². The van der Waals surface area contributed by atoms with E-state index in [1.165, 1.54) is 6.07 Å². The van der Waals surface area contributed by atoms with Crippen LogP contribution in [0.25, 0.3) is 0 Å². The molecule has 0 radical (unpaired) electrons. The zero-order chi connectivity index (χ0) is 15.9. The van der Waals surface area contributed by atoms with E-state index in [4.69, 9.17) is 4.74 Å². The molecule has 0 heterocycles. The van der Waals surface area contributed by atoms with Gasteiger partial charge < -0.3 is 15.4 Å². The zero-order valence-corrected chi connectivity index (χ0v) is 13.0. The van der Waals surface area contributed by atoms with E-state index in [0.717, 1.165) is 16.6 Å². The summed E-state index contributed by atoms with van der Waals surface area (Å²) in [5.74, 6) is -1.31. The summed E-state index contributed by atoms with van der Waals surface area (Å²) in [6.45, 7) is 0.532. The predicted molar refractivity (Wildman–Crippen MR) is 83.0 cm³/mol. The molecule has 0 unspecified atom stereocenters. The van der Waals surface area contributed by atoms with Crippen LogP contribution in [0.4, 0.5) is 19.3 Å². The third kappa shape index (κ3) is 4.70. The lowest BCUT2D eigenvalue weighted by molar-refractivity contribution is 0.247. The Morgan fingerprint density at radius 3 is 2.64 bits per heavy atom. The number of anilines is 1. The average molecular weight is 371 g/mol. The van der Waals surface area contributed by atoms with Gasteiger partial charge in [0.15, 0.2) is 11.6 Å². The molecule has 0 atom stereocenters. The quantitative estimate of drug-likeness (QED) is 0.783. The van der Waals surface area contributed by atoms with Crippen LogP contribution in [-0.4, -0.2) is 19.2 Å². The van der Waals surface area contributed by atoms with Gasteiger partial charge in [-0.05, 0) is 40.2 Å². The number of carbonyl (C=O) groups excluding carboxylic acids is 1. The molecule has 7 heteroatoms. The number of benzene rings is 2. The molecule has 2 rings (SSSR count). The van der Waals surface area contributed by atoms with E-state index in [1.54, 1.807) is 6.07 Å². The number of hydrogen-bond donors (Lipinski definition) is 2. The maximum absolute atomic E-state index is 13.0. The lowest BCUT2D eigenvalue weighted by Gasteiger charge is -2.10. The fourth-order valence-electron chi connectivity index (χ4n) is 1.64. The minimum atomic E-state index is -1.02. The first-order valence-electron chi connectivity index (χ1n) is 6.43. The fraction of sp³-hybridized carbons (Fsp3) is 0.133. The Morgan fingerprint density at radius 2 is 1.91 bits per heavy atom. The second-order valence-corrected chi connectivity index (χ2v) is 5.14. The summed E-state index contributed by atoms with van der Waals surface area (Å²) < 4.78 is 32.0. The summed E-state index contributed by atoms with van der Waals surface area (Å²) in [5.41, 5.74) is 0.170. The molecule has 0 aliphatic rings. The van der Waals surface area contributed by atoms with E-state index in [-0.39, 0.29) is 18.8 Å². The van der Waals surface area contributed by atoms with Gasteiger partial charge in [0.25, 0.3) is 0 Å². The highest BCUT2D eigenvalue weighted by atomic mass is 79.9. The molecule has 0 bridgehead atoms. The highest BCUT2D eigenvalue weighted by Crippen LogP contribution is 2.23. The van der Waals surface area contributed by atoms with E-state index in [2.05, 4.69) is 26.6 Å². The number of halogens is 3. The van der Waals surface area contributed by atoms with Gasteiger partial charge in [0.2, 0.25) is 0 Å². The highest BCUT2D eigenvalue weighted by molar-refractivity contribution is 9.10. The van der Waals surface area contributed by atoms with Gasteiger partial charge in [0.05, 0.1) is 11.0 Å². The first-order chi connectivity index (χ1) is 10.6. The van der Waals surface area contributed by atoms with Crippen LogP contribution >= 0.6 is 15.9 Å². The van der Waals surface area contributed by atoms with E-state index >= 15 is 0 Å². The fourth-order valence-corrected chi connectivity index (χ4v) is 2.04. The van der Waals surface area contributed by atoms with Crippen LogP contribution in [0.15, 0.2) is 46.9 Å². The van der Waals surface area contributed by atoms with Gasteiger partial charge >= 0.3 is 6.03 Å². The summed E-state index contributed by atoms with van der Waals surface area (Å²) >= 11 is 3.34. The largest absolute Gasteiger partial charge is 0.491 e. The highest BCUT2D eigenvalue weighted by Gasteiger charge is 2.06. The Balaban J connectivity index is 1.74. The summed E-state index contributed by atoms with van der Waals surface area (Å²) in [5, 5.41) is 4.95. The standard InChI is InChI=1S/C15H13BrF2N2O2/c16-11-3-1-2-4-14(11)22-8-7-19-15(21)20-10-5-6-12(17)13(18)9-10/h1-6,9H,7-8H2,(H2,19,20,21). The van der Waals surface area contributed by atoms with Crippen molar-refractivity contribution in [2.45, 2.75) is 0 Å². The van der Waals surface area contributed by atoms with Crippen molar-refractivity contribution in [3.05, 3.63) is 58.6 Å². The molecule has 0 aliphatic carbocycles. The summed E-state index contributed by atoms with van der Waals surface area (Å²) in [6, 6.07) is 9.95. The SMILES string of the molecule is O=C(NCCOc1ccccc1Br)Nc1ccc(F)c(F)c1. The minimum Gasteiger partial charge on any atom is -0.491 e. The second-order valence-electron chi connectivity index (χ2n) is 4.29. The van der Waals surface area contributed by atoms with Crippen LogP contribution in [0.2, 0.25) is 0 Å². The van der Waals surface area contributed by atoms with Crippen LogP contribution in [0.5, 0.6) is 5.75 Å². The Bertz CT molecular complexity index is 668. The van der Waals surface area contributed by atoms with Gasteiger partial charge in [-0.1, -0.05) is 12.1 Å². The molecular weight excluding hydrogens is 358 g/mol. The molecule has 2 aromatic rings. The molecule has 0 aromatic heterocycles. The first-order valence-corrected chi connectivity index (χ1v) is 7.23. The molecule has 0 spiro atoms. The molecule has 22 heavy (non-hydrogen) atoms. The van der Waals surface area contributed by atoms with Crippen LogP contribution in [0, 0.1) is 11.6 Å². The van der Waals surface area contributed by atoms with Gasteiger partial charge in [0.1, 0.15) is 12.4 Å². The Morgan fingerprint density at radius 1 is 1.14 bits per heavy atom. The Kier molecular flexibility index (Phi) is 5.71. The molecule has 2 amide bonds. The van der Waals surface area contributed by atoms with Crippen LogP contribution < -0.4 is 15.4 Å². The molecule has 0 saturated heterocycles. The van der Waals surface area contributed by atoms with Gasteiger partial charge in [-0.2, -0.15) is 0 Å². The monoisotopic (exact) mass is 370 g/mol. The van der Waals surface area contributed by atoms with Gasteiger partial charge in [-0.25, -0.2) is 13.6 Å². The number of carbonyl (C=O) groups is 1. The molecular formula is C15H13BrF2N2O2. The van der Waals surface area contributed by atoms with Crippen molar-refractivity contribution < 1.29 is 18.3 Å². The van der Waals surface area contributed by atoms with Crippen molar-refractivity contribution >= 4 is 27.6 Å². The first kappa shape index (κ1) is 16.2. The molecule has 0 fully saturated rings. The van der Waals surface area contributed by atoms with Crippen LogP contribution in [0.3, 0.4) is 0 Å². The number of hydrogen-bond acceptors (Lipinski definition) is 2. The molecule has 2 aromatic carbocycles. The second kappa shape index (κ2) is 7.74. The lowest BCUT2D eigenvalue weighted by atomic mass is 10.3. The maximum atomic E-state index is 13.0. The van der Waals surface area contributed by atoms with Crippen molar-refractivity contribution in [2.75, 3.05) is 18.5 Å². The zero-order valence-electron chi connectivity index (χ0n) is 11.4. The number of para-hydroxylation sites is 1. The summed E-state index contributed by atoms with van der Waals surface area (Å²) in [4.78, 5) is 11.6. The van der Waals surface area contributed by atoms with Gasteiger partial charge in [-0.15, -0.1) is 0 Å². The molecule has 0 aliphatic heterocycles. The van der Waals surface area contributed by atoms with Crippen molar-refractivity contribution in [3.8, 4) is 5.75 Å². The van der Waals surface area contributed by atoms with Crippen molar-refractivity contribution in [2.24, 2.45) is 0 Å². The molecule has 4 nitrogen and oxygen atoms in total. The van der Waals surface area contributed by atoms with Gasteiger partial charge in [0, 0.05) is 11.8 Å². The number of nitrogens with one attached hydrogen (secondary N) is 2. The third-order valence-corrected chi connectivity index (χ3v) is 3.31. The predicted octanol–water partition coefficient (Wildman–Crippen LogP) is 3.93. The number of urea groups is 1. The normalized spacial score (nSPS) is 10.1. The Labute approximate surface area is 134 Å². The summed E-state index contributed by atoms with van der Waals surface area (Å²) in [7, 11) is 0. The molecule has 2 N–H and O–H groups in total. The minimum absolute atomic E-state index is 0.170. The van der Waals surface area contributed by atoms with Gasteiger partial charge in [-0.3, -0.25) is 0 Å². The maximum Gasteiger partial charge on any atom is 0.319 e. The van der Waals surface area contributed by atoms with E-state index in [9.17, 15) is 13.6 Å². The average Bonchev–Trinajstić information content (AvgIpc) is 2.49. The smallest absolute Gasteiger partial charge is 0.319 e. The molecule has 116 valence electrons. The van der Waals surface area contributed by atoms with E-state index in [1.807, 2.05) is 18.2 Å². The number of rotatable bonds is 5. The number of ether oxygens (including phenoxy) is 1. The van der Waals surface area contributed by atoms with Crippen molar-refractivity contribution in [1.82, 2.24) is 5.32 Å².